The fraction of sp³-hybridized carbons (Fsp3) is 0.500. The maximum absolute atomic E-state index is 12.3. The van der Waals surface area contributed by atoms with Gasteiger partial charge >= 0.3 is 27.6 Å². The number of ether oxygens (including phenoxy) is 2. The molecule has 31 heavy (non-hydrogen) atoms. The van der Waals surface area contributed by atoms with E-state index < -0.39 is 88.3 Å². The molecule has 2 aliphatic rings. The smallest absolute Gasteiger partial charge is 0.505 e. The van der Waals surface area contributed by atoms with Gasteiger partial charge in [-0.05, 0) is 0 Å². The number of aliphatic hydroxyl groups excluding tert-OH is 5. The molecule has 0 aliphatic carbocycles. The van der Waals surface area contributed by atoms with E-state index in [1.165, 1.54) is 0 Å². The van der Waals surface area contributed by atoms with Crippen molar-refractivity contribution >= 4 is 27.6 Å². The molecule has 0 aromatic heterocycles. The van der Waals surface area contributed by atoms with Gasteiger partial charge in [-0.2, -0.15) is 0 Å². The van der Waals surface area contributed by atoms with Gasteiger partial charge in [-0.1, -0.05) is 0 Å². The van der Waals surface area contributed by atoms with Gasteiger partial charge in [-0.3, -0.25) is 14.7 Å². The van der Waals surface area contributed by atoms with Crippen LogP contribution in [-0.4, -0.2) is 89.8 Å². The molecule has 0 bridgehead atoms. The summed E-state index contributed by atoms with van der Waals surface area (Å²) in [4.78, 5) is 51.1. The number of phosphoric acid groups is 2. The molecular weight excluding hydrogens is 478 g/mol. The summed E-state index contributed by atoms with van der Waals surface area (Å²) in [6, 6.07) is 0. The molecule has 0 aromatic rings. The molecule has 176 valence electrons. The van der Waals surface area contributed by atoms with Gasteiger partial charge in [0.25, 0.3) is 11.5 Å². The predicted octanol–water partition coefficient (Wildman–Crippen LogP) is -3.23. The molecule has 0 saturated carbocycles. The second-order valence-corrected chi connectivity index (χ2v) is 8.26. The van der Waals surface area contributed by atoms with E-state index in [4.69, 9.17) is 20.0 Å². The van der Waals surface area contributed by atoms with Crippen LogP contribution in [0.4, 0.5) is 0 Å². The van der Waals surface area contributed by atoms with Gasteiger partial charge in [0.2, 0.25) is 5.76 Å². The normalized spacial score (nSPS) is 25.6. The maximum Gasteiger partial charge on any atom is 0.585 e. The largest absolute Gasteiger partial charge is 0.585 e. The molecule has 0 saturated heterocycles. The molecular formula is C12H16O17P2. The molecule has 2 rings (SSSR count). The lowest BCUT2D eigenvalue weighted by Crippen LogP contribution is -2.32. The predicted molar refractivity (Wildman–Crippen MR) is 87.8 cm³/mol. The van der Waals surface area contributed by atoms with Crippen LogP contribution in [0.5, 0.6) is 0 Å². The van der Waals surface area contributed by atoms with Crippen LogP contribution in [0.1, 0.15) is 0 Å². The minimum Gasteiger partial charge on any atom is -0.505 e. The Morgan fingerprint density at radius 1 is 0.839 bits per heavy atom. The number of cyclic esters (lactones) is 2. The molecule has 2 heterocycles. The third kappa shape index (κ3) is 5.74. The average Bonchev–Trinajstić information content (AvgIpc) is 3.10. The maximum atomic E-state index is 12.3. The van der Waals surface area contributed by atoms with Crippen LogP contribution < -0.4 is 0 Å². The minimum atomic E-state index is -5.63. The summed E-state index contributed by atoms with van der Waals surface area (Å²) in [7, 11) is -11.1. The molecule has 0 fully saturated rings. The highest BCUT2D eigenvalue weighted by atomic mass is 31.2. The van der Waals surface area contributed by atoms with E-state index >= 15 is 0 Å². The number of hydrogen-bond donors (Lipinski definition) is 8. The van der Waals surface area contributed by atoms with Crippen molar-refractivity contribution in [2.45, 2.75) is 24.4 Å². The summed E-state index contributed by atoms with van der Waals surface area (Å²) in [5.41, 5.74) is 0. The fourth-order valence-electron chi connectivity index (χ4n) is 2.25. The standard InChI is InChI=1S/C12H16O17P2/c13-1-3(15)6-5(17)8(11(18)25-6)28-31(23,24)29-9-7(4(16)2-14)26-12(19)10(9)27-30(20,21)22/h3-4,6-7,13-17H,1-2H2,(H,23,24)(H2,20,21,22)/t3-,4+,6-,7-/m1/s1. The summed E-state index contributed by atoms with van der Waals surface area (Å²) in [5, 5.41) is 46.8. The van der Waals surface area contributed by atoms with E-state index in [9.17, 15) is 38.9 Å². The number of aliphatic hydroxyl groups is 5. The molecule has 0 aromatic carbocycles. The van der Waals surface area contributed by atoms with Crippen molar-refractivity contribution in [3.63, 3.8) is 0 Å². The minimum absolute atomic E-state index is 0.987. The molecule has 8 N–H and O–H groups in total. The number of carbonyl (C=O) groups is 2. The van der Waals surface area contributed by atoms with E-state index in [1.807, 2.05) is 0 Å². The van der Waals surface area contributed by atoms with E-state index in [-0.39, 0.29) is 0 Å². The Morgan fingerprint density at radius 3 is 1.84 bits per heavy atom. The summed E-state index contributed by atoms with van der Waals surface area (Å²) in [6.07, 6.45) is -7.81. The number of phosphoric ester groups is 2. The van der Waals surface area contributed by atoms with E-state index in [0.29, 0.717) is 0 Å². The van der Waals surface area contributed by atoms with Crippen molar-refractivity contribution < 1.29 is 82.0 Å². The average molecular weight is 494 g/mol. The van der Waals surface area contributed by atoms with Crippen molar-refractivity contribution in [2.75, 3.05) is 13.2 Å². The van der Waals surface area contributed by atoms with Gasteiger partial charge in [0.1, 0.15) is 12.2 Å². The molecule has 5 atom stereocenters. The SMILES string of the molecule is O=C1O[C@H]([C@H](O)CO)C(O)=C1OP(=O)(O)OC1=C(OP(=O)(O)O)C(=O)O[C@@H]1[C@@H](O)CO. The Hall–Kier alpha value is -2.20. The summed E-state index contributed by atoms with van der Waals surface area (Å²) >= 11 is 0. The van der Waals surface area contributed by atoms with Crippen molar-refractivity contribution in [3.8, 4) is 0 Å². The number of rotatable bonds is 10. The van der Waals surface area contributed by atoms with Gasteiger partial charge in [-0.25, -0.2) is 18.7 Å². The van der Waals surface area contributed by atoms with E-state index in [1.54, 1.807) is 0 Å². The highest BCUT2D eigenvalue weighted by Gasteiger charge is 2.49. The van der Waals surface area contributed by atoms with Crippen LogP contribution in [0.3, 0.4) is 0 Å². The fourth-order valence-corrected chi connectivity index (χ4v) is 3.53. The monoisotopic (exact) mass is 494 g/mol. The Morgan fingerprint density at radius 2 is 1.32 bits per heavy atom. The third-order valence-corrected chi connectivity index (χ3v) is 4.79. The zero-order chi connectivity index (χ0) is 23.7. The van der Waals surface area contributed by atoms with Gasteiger partial charge < -0.3 is 48.6 Å². The van der Waals surface area contributed by atoms with Crippen LogP contribution in [-0.2, 0) is 41.8 Å². The first-order valence-corrected chi connectivity index (χ1v) is 10.9. The van der Waals surface area contributed by atoms with Crippen molar-refractivity contribution in [1.29, 1.82) is 0 Å². The summed E-state index contributed by atoms with van der Waals surface area (Å²) in [5.74, 6) is -8.53. The van der Waals surface area contributed by atoms with Crippen LogP contribution in [0, 0.1) is 0 Å². The molecule has 17 nitrogen and oxygen atoms in total. The topological polar surface area (TPSA) is 276 Å². The van der Waals surface area contributed by atoms with Gasteiger partial charge in [0.05, 0.1) is 13.2 Å². The van der Waals surface area contributed by atoms with Crippen LogP contribution >= 0.6 is 15.6 Å². The van der Waals surface area contributed by atoms with Gasteiger partial charge in [0.15, 0.2) is 18.0 Å². The van der Waals surface area contributed by atoms with E-state index in [0.717, 1.165) is 0 Å². The first kappa shape index (κ1) is 25.1. The molecule has 2 aliphatic heterocycles. The molecule has 0 spiro atoms. The highest BCUT2D eigenvalue weighted by Crippen LogP contribution is 2.53. The molecule has 19 heteroatoms. The summed E-state index contributed by atoms with van der Waals surface area (Å²) in [6.45, 7) is -2.11. The quantitative estimate of drug-likeness (QED) is 0.109. The van der Waals surface area contributed by atoms with Crippen molar-refractivity contribution in [2.24, 2.45) is 0 Å². The second-order valence-electron chi connectivity index (χ2n) is 5.79. The Labute approximate surface area is 171 Å². The Kier molecular flexibility index (Phi) is 7.37. The molecule has 0 radical (unpaired) electrons. The lowest BCUT2D eigenvalue weighted by Gasteiger charge is -2.20. The van der Waals surface area contributed by atoms with E-state index in [2.05, 4.69) is 23.0 Å². The number of hydrogen-bond acceptors (Lipinski definition) is 14. The highest BCUT2D eigenvalue weighted by molar-refractivity contribution is 7.47. The lowest BCUT2D eigenvalue weighted by atomic mass is 10.2. The lowest BCUT2D eigenvalue weighted by molar-refractivity contribution is -0.147. The third-order valence-electron chi connectivity index (χ3n) is 3.53. The Balaban J connectivity index is 2.38. The van der Waals surface area contributed by atoms with Crippen LogP contribution in [0.2, 0.25) is 0 Å². The first-order valence-electron chi connectivity index (χ1n) is 7.85. The number of esters is 2. The zero-order valence-electron chi connectivity index (χ0n) is 14.9. The zero-order valence-corrected chi connectivity index (χ0v) is 16.7. The van der Waals surface area contributed by atoms with Gasteiger partial charge in [-0.15, -0.1) is 0 Å². The second kappa shape index (κ2) is 9.12. The Bertz CT molecular complexity index is 901. The van der Waals surface area contributed by atoms with Crippen molar-refractivity contribution in [3.05, 3.63) is 23.0 Å². The summed E-state index contributed by atoms with van der Waals surface area (Å²) < 4.78 is 45.1. The van der Waals surface area contributed by atoms with Crippen molar-refractivity contribution in [1.82, 2.24) is 0 Å². The first-order chi connectivity index (χ1) is 14.2. The number of carbonyl (C=O) groups excluding carboxylic acids is 2. The van der Waals surface area contributed by atoms with Gasteiger partial charge in [0, 0.05) is 0 Å². The molecule has 1 unspecified atom stereocenters. The van der Waals surface area contributed by atoms with Crippen LogP contribution in [0.15, 0.2) is 23.0 Å². The van der Waals surface area contributed by atoms with Crippen LogP contribution in [0.25, 0.3) is 0 Å². The molecule has 0 amide bonds.